The van der Waals surface area contributed by atoms with Gasteiger partial charge in [0.2, 0.25) is 0 Å². The van der Waals surface area contributed by atoms with Gasteiger partial charge in [-0.1, -0.05) is 23.2 Å². The quantitative estimate of drug-likeness (QED) is 0.401. The van der Waals surface area contributed by atoms with E-state index in [0.29, 0.717) is 29.0 Å². The second kappa shape index (κ2) is 9.37. The summed E-state index contributed by atoms with van der Waals surface area (Å²) >= 11 is 12.6. The van der Waals surface area contributed by atoms with Crippen molar-refractivity contribution < 1.29 is 18.6 Å². The molecule has 0 aliphatic heterocycles. The van der Waals surface area contributed by atoms with Gasteiger partial charge in [0.1, 0.15) is 34.5 Å². The highest BCUT2D eigenvalue weighted by Gasteiger charge is 2.21. The number of aliphatic hydroxyl groups is 1. The second-order valence-corrected chi connectivity index (χ2v) is 8.96. The maximum atomic E-state index is 13.9. The minimum absolute atomic E-state index is 0.00300. The molecule has 0 unspecified atom stereocenters. The van der Waals surface area contributed by atoms with Crippen LogP contribution >= 0.6 is 23.2 Å². The van der Waals surface area contributed by atoms with Gasteiger partial charge >= 0.3 is 0 Å². The first-order valence-corrected chi connectivity index (χ1v) is 11.0. The smallest absolute Gasteiger partial charge is 0.277 e. The zero-order valence-electron chi connectivity index (χ0n) is 18.8. The van der Waals surface area contributed by atoms with Crippen LogP contribution in [0.25, 0.3) is 11.5 Å². The van der Waals surface area contributed by atoms with Crippen molar-refractivity contribution in [3.8, 4) is 17.3 Å². The third kappa shape index (κ3) is 5.04. The monoisotopic (exact) mass is 521 g/mol. The summed E-state index contributed by atoms with van der Waals surface area (Å²) in [6.45, 7) is 4.49. The molecule has 0 fully saturated rings. The molecule has 35 heavy (non-hydrogen) atoms. The first-order valence-electron chi connectivity index (χ1n) is 10.3. The number of nitrogens with zero attached hydrogens (tertiary/aromatic N) is 5. The molecule has 4 heterocycles. The predicted molar refractivity (Wildman–Crippen MR) is 125 cm³/mol. The lowest BCUT2D eigenvalue weighted by atomic mass is 10.1. The van der Waals surface area contributed by atoms with Crippen LogP contribution in [0.15, 0.2) is 47.7 Å². The van der Waals surface area contributed by atoms with Gasteiger partial charge in [-0.15, -0.1) is 0 Å². The highest BCUT2D eigenvalue weighted by molar-refractivity contribution is 6.32. The third-order valence-corrected chi connectivity index (χ3v) is 5.70. The molecule has 0 aliphatic rings. The number of aryl methyl sites for hydroxylation is 1. The first kappa shape index (κ1) is 24.8. The van der Waals surface area contributed by atoms with Crippen LogP contribution < -0.4 is 10.3 Å². The Morgan fingerprint density at radius 2 is 1.89 bits per heavy atom. The van der Waals surface area contributed by atoms with Gasteiger partial charge < -0.3 is 9.84 Å². The maximum absolute atomic E-state index is 13.9. The van der Waals surface area contributed by atoms with Gasteiger partial charge in [0.25, 0.3) is 5.56 Å². The van der Waals surface area contributed by atoms with Gasteiger partial charge in [-0.3, -0.25) is 14.3 Å². The van der Waals surface area contributed by atoms with Crippen LogP contribution in [-0.4, -0.2) is 29.4 Å². The molecule has 4 aromatic rings. The summed E-state index contributed by atoms with van der Waals surface area (Å²) in [4.78, 5) is 21.0. The molecule has 1 N–H and O–H groups in total. The minimum atomic E-state index is -1.15. The van der Waals surface area contributed by atoms with Crippen molar-refractivity contribution in [1.82, 2.24) is 24.3 Å². The van der Waals surface area contributed by atoms with Gasteiger partial charge in [-0.25, -0.2) is 18.4 Å². The Morgan fingerprint density at radius 1 is 1.14 bits per heavy atom. The van der Waals surface area contributed by atoms with Crippen molar-refractivity contribution in [2.24, 2.45) is 0 Å². The van der Waals surface area contributed by atoms with Gasteiger partial charge in [-0.05, 0) is 26.8 Å². The molecule has 0 aliphatic carbocycles. The molecular formula is C23H19Cl2F2N5O3. The van der Waals surface area contributed by atoms with Crippen LogP contribution in [0.3, 0.4) is 0 Å². The Hall–Kier alpha value is -3.34. The van der Waals surface area contributed by atoms with Crippen molar-refractivity contribution in [1.29, 1.82) is 0 Å². The van der Waals surface area contributed by atoms with E-state index in [4.69, 9.17) is 27.9 Å². The molecule has 4 rings (SSSR count). The van der Waals surface area contributed by atoms with Crippen LogP contribution in [-0.2, 0) is 12.2 Å². The fraction of sp³-hybridized carbons (Fsp3) is 0.217. The Bertz CT molecular complexity index is 1480. The largest absolute Gasteiger partial charge is 0.485 e. The van der Waals surface area contributed by atoms with Crippen molar-refractivity contribution in [3.05, 3.63) is 92.0 Å². The van der Waals surface area contributed by atoms with E-state index in [2.05, 4.69) is 15.1 Å². The third-order valence-electron chi connectivity index (χ3n) is 5.06. The predicted octanol–water partition coefficient (Wildman–Crippen LogP) is 4.51. The molecule has 0 saturated carbocycles. The van der Waals surface area contributed by atoms with E-state index in [-0.39, 0.29) is 28.1 Å². The Morgan fingerprint density at radius 3 is 2.54 bits per heavy atom. The number of pyridine rings is 3. The Labute approximate surface area is 208 Å². The molecule has 0 bridgehead atoms. The van der Waals surface area contributed by atoms with E-state index in [1.54, 1.807) is 39.1 Å². The number of ether oxygens (including phenoxy) is 1. The van der Waals surface area contributed by atoms with E-state index in [9.17, 15) is 18.7 Å². The zero-order chi connectivity index (χ0) is 25.5. The maximum Gasteiger partial charge on any atom is 0.277 e. The first-order chi connectivity index (χ1) is 16.5. The average molecular weight is 522 g/mol. The lowest BCUT2D eigenvalue weighted by Gasteiger charge is -2.16. The summed E-state index contributed by atoms with van der Waals surface area (Å²) < 4.78 is 35.2. The summed E-state index contributed by atoms with van der Waals surface area (Å²) in [5.41, 5.74) is -0.788. The molecule has 0 radical (unpaired) electrons. The van der Waals surface area contributed by atoms with Crippen LogP contribution in [0.5, 0.6) is 5.75 Å². The molecule has 0 amide bonds. The second-order valence-electron chi connectivity index (χ2n) is 8.17. The molecule has 182 valence electrons. The van der Waals surface area contributed by atoms with Crippen LogP contribution in [0.1, 0.15) is 30.9 Å². The van der Waals surface area contributed by atoms with Gasteiger partial charge in [0.15, 0.2) is 11.6 Å². The molecule has 0 spiro atoms. The summed E-state index contributed by atoms with van der Waals surface area (Å²) in [5, 5.41) is 14.4. The average Bonchev–Trinajstić information content (AvgIpc) is 3.28. The summed E-state index contributed by atoms with van der Waals surface area (Å²) in [6, 6.07) is 5.37. The number of aromatic nitrogens is 5. The molecule has 8 nitrogen and oxygen atoms in total. The fourth-order valence-corrected chi connectivity index (χ4v) is 3.65. The summed E-state index contributed by atoms with van der Waals surface area (Å²) in [5.74, 6) is -1.35. The van der Waals surface area contributed by atoms with Crippen molar-refractivity contribution in [2.45, 2.75) is 33.0 Å². The van der Waals surface area contributed by atoms with E-state index in [0.717, 1.165) is 6.20 Å². The molecule has 0 atom stereocenters. The standard InChI is InChI=1S/C23H19Cl2F2N5O3/c1-12-6-18(35-11-16-15(27)7-13(26)9-28-16)21(25)22(33)32(12)17-8-20(29-10-14(17)24)31-5-4-19(30-31)23(2,3)34/h4-10,34H,11H2,1-3H3. The lowest BCUT2D eigenvalue weighted by molar-refractivity contribution is 0.0734. The molecule has 0 aromatic carbocycles. The van der Waals surface area contributed by atoms with Crippen LogP contribution in [0.2, 0.25) is 10.0 Å². The minimum Gasteiger partial charge on any atom is -0.485 e. The highest BCUT2D eigenvalue weighted by Crippen LogP contribution is 2.28. The number of halogens is 4. The molecule has 4 aromatic heterocycles. The van der Waals surface area contributed by atoms with Crippen molar-refractivity contribution in [3.63, 3.8) is 0 Å². The van der Waals surface area contributed by atoms with Crippen LogP contribution in [0.4, 0.5) is 8.78 Å². The van der Waals surface area contributed by atoms with Gasteiger partial charge in [0, 0.05) is 30.1 Å². The summed E-state index contributed by atoms with van der Waals surface area (Å²) in [7, 11) is 0. The highest BCUT2D eigenvalue weighted by atomic mass is 35.5. The Kier molecular flexibility index (Phi) is 6.63. The lowest BCUT2D eigenvalue weighted by Crippen LogP contribution is -2.22. The molecule has 12 heteroatoms. The topological polar surface area (TPSA) is 95.1 Å². The zero-order valence-corrected chi connectivity index (χ0v) is 20.3. The van der Waals surface area contributed by atoms with E-state index >= 15 is 0 Å². The van der Waals surface area contributed by atoms with E-state index in [1.165, 1.54) is 21.5 Å². The number of rotatable bonds is 6. The van der Waals surface area contributed by atoms with E-state index < -0.39 is 22.8 Å². The molecular weight excluding hydrogens is 503 g/mol. The molecule has 0 saturated heterocycles. The number of hydrogen-bond donors (Lipinski definition) is 1. The Balaban J connectivity index is 1.70. The summed E-state index contributed by atoms with van der Waals surface area (Å²) in [6.07, 6.45) is 3.85. The van der Waals surface area contributed by atoms with Gasteiger partial charge in [-0.2, -0.15) is 5.10 Å². The van der Waals surface area contributed by atoms with Gasteiger partial charge in [0.05, 0.1) is 28.8 Å². The van der Waals surface area contributed by atoms with Crippen molar-refractivity contribution >= 4 is 23.2 Å². The van der Waals surface area contributed by atoms with E-state index in [1.807, 2.05) is 0 Å². The fourth-order valence-electron chi connectivity index (χ4n) is 3.27. The SMILES string of the molecule is Cc1cc(OCc2ncc(F)cc2F)c(Cl)c(=O)n1-c1cc(-n2ccc(C(C)(C)O)n2)ncc1Cl. The number of hydrogen-bond acceptors (Lipinski definition) is 6. The van der Waals surface area contributed by atoms with Crippen LogP contribution in [0, 0.1) is 18.6 Å². The van der Waals surface area contributed by atoms with Crippen molar-refractivity contribution in [2.75, 3.05) is 0 Å². The normalized spacial score (nSPS) is 11.7.